The zero-order chi connectivity index (χ0) is 73.0. The van der Waals surface area contributed by atoms with E-state index < -0.39 is 23.3 Å². The van der Waals surface area contributed by atoms with Gasteiger partial charge in [0.1, 0.15) is 85.7 Å². The van der Waals surface area contributed by atoms with E-state index in [9.17, 15) is 28.8 Å². The largest absolute Gasteiger partial charge is 0.457 e. The van der Waals surface area contributed by atoms with Gasteiger partial charge in [-0.05, 0) is 184 Å². The zero-order valence-corrected chi connectivity index (χ0v) is 57.9. The number of primary amides is 3. The fraction of sp³-hybridized carbons (Fsp3) is 0.203. The van der Waals surface area contributed by atoms with E-state index in [0.717, 1.165) is 53.9 Å². The number of ether oxygens (including phenoxy) is 3. The Morgan fingerprint density at radius 1 is 0.538 bits per heavy atom. The molecule has 10 aromatic rings. The van der Waals surface area contributed by atoms with Crippen molar-refractivity contribution in [1.29, 1.82) is 0 Å². The van der Waals surface area contributed by atoms with Crippen LogP contribution in [0.5, 0.6) is 34.5 Å². The van der Waals surface area contributed by atoms with Crippen molar-refractivity contribution < 1.29 is 43.0 Å². The molecule has 7 aromatic carbocycles. The first-order chi connectivity index (χ1) is 50.4. The first-order valence-corrected chi connectivity index (χ1v) is 34.3. The number of carbonyl (C=O) groups is 6. The van der Waals surface area contributed by atoms with Crippen LogP contribution < -0.4 is 58.0 Å². The minimum absolute atomic E-state index is 0.0339. The third-order valence-electron chi connectivity index (χ3n) is 18.5. The maximum atomic E-state index is 12.6. The SMILES string of the molecule is C=CC(=O)N1CCC(C2CCNc3c(C(N)=O)c(-c4ccc(Oc5ccccc5)c(Cl)c4)nn32)CC1.C=CC(=O)NCC1(C)CCNc2c(C(N)=O)c(-c3ccc(Oc4ccccc4)cc3)nn21.C=CC(=O)Nc1ccc(C2CCNc3c(C(N)=O)c(-c4ccc(Oc5ccccc5)cc4)nn32)cc1. The second-order valence-corrected chi connectivity index (χ2v) is 25.7. The Labute approximate surface area is 605 Å². The molecule has 0 saturated carbocycles. The van der Waals surface area contributed by atoms with Crippen LogP contribution in [-0.4, -0.2) is 109 Å². The summed E-state index contributed by atoms with van der Waals surface area (Å²) in [7, 11) is 0. The minimum Gasteiger partial charge on any atom is -0.457 e. The predicted molar refractivity (Wildman–Crippen MR) is 401 cm³/mol. The lowest BCUT2D eigenvalue weighted by Crippen LogP contribution is -2.47. The number of fused-ring (bicyclic) bond motifs is 3. The van der Waals surface area contributed by atoms with E-state index in [-0.39, 0.29) is 29.8 Å². The fourth-order valence-electron chi connectivity index (χ4n) is 13.2. The van der Waals surface area contributed by atoms with Crippen molar-refractivity contribution in [2.75, 3.05) is 60.5 Å². The summed E-state index contributed by atoms with van der Waals surface area (Å²) in [6, 6.07) is 56.0. The summed E-state index contributed by atoms with van der Waals surface area (Å²) in [6.07, 6.45) is 7.90. The molecule has 25 heteroatoms. The number of benzene rings is 7. The Balaban J connectivity index is 0.000000147. The zero-order valence-electron chi connectivity index (χ0n) is 57.1. The number of halogens is 1. The van der Waals surface area contributed by atoms with Gasteiger partial charge in [0.15, 0.2) is 0 Å². The molecule has 0 radical (unpaired) electrons. The first kappa shape index (κ1) is 71.1. The number of para-hydroxylation sites is 3. The van der Waals surface area contributed by atoms with Crippen molar-refractivity contribution in [2.24, 2.45) is 23.1 Å². The molecule has 0 aliphatic carbocycles. The van der Waals surface area contributed by atoms with Crippen molar-refractivity contribution in [1.82, 2.24) is 39.6 Å². The average molecular weight is 1420 g/mol. The number of amides is 6. The van der Waals surface area contributed by atoms with Gasteiger partial charge < -0.3 is 62.9 Å². The average Bonchev–Trinajstić information content (AvgIpc) is 1.62. The highest BCUT2D eigenvalue weighted by Gasteiger charge is 2.39. The summed E-state index contributed by atoms with van der Waals surface area (Å²) in [5.41, 5.74) is 23.2. The normalized spacial score (nSPS) is 16.3. The van der Waals surface area contributed by atoms with Crippen LogP contribution in [0.1, 0.15) is 87.7 Å². The van der Waals surface area contributed by atoms with Crippen molar-refractivity contribution in [3.63, 3.8) is 0 Å². The molecule has 7 heterocycles. The molecule has 3 atom stereocenters. The monoisotopic (exact) mass is 1420 g/mol. The maximum absolute atomic E-state index is 12.6. The highest BCUT2D eigenvalue weighted by atomic mass is 35.5. The molecule has 3 unspecified atom stereocenters. The van der Waals surface area contributed by atoms with Gasteiger partial charge in [-0.3, -0.25) is 28.8 Å². The molecule has 104 heavy (non-hydrogen) atoms. The van der Waals surface area contributed by atoms with Gasteiger partial charge in [-0.2, -0.15) is 15.3 Å². The smallest absolute Gasteiger partial charge is 0.254 e. The molecule has 3 aromatic heterocycles. The Hall–Kier alpha value is -12.7. The summed E-state index contributed by atoms with van der Waals surface area (Å²) < 4.78 is 23.1. The van der Waals surface area contributed by atoms with Gasteiger partial charge in [0, 0.05) is 61.6 Å². The number of carbonyl (C=O) groups excluding carboxylic acids is 6. The van der Waals surface area contributed by atoms with Crippen LogP contribution in [0.15, 0.2) is 220 Å². The summed E-state index contributed by atoms with van der Waals surface area (Å²) in [6.45, 7) is 16.2. The number of aromatic nitrogens is 6. The Morgan fingerprint density at radius 2 is 1.01 bits per heavy atom. The minimum atomic E-state index is -0.572. The third-order valence-corrected chi connectivity index (χ3v) is 18.8. The molecular weight excluding hydrogens is 1340 g/mol. The topological polar surface area (TPSA) is 325 Å². The number of hydrogen-bond acceptors (Lipinski definition) is 15. The summed E-state index contributed by atoms with van der Waals surface area (Å²) in [5.74, 6) is 3.89. The van der Waals surface area contributed by atoms with Crippen molar-refractivity contribution in [2.45, 2.75) is 56.7 Å². The molecule has 6 amide bonds. The molecule has 0 bridgehead atoms. The lowest BCUT2D eigenvalue weighted by atomic mass is 9.87. The molecule has 1 saturated heterocycles. The Kier molecular flexibility index (Phi) is 21.8. The quantitative estimate of drug-likeness (QED) is 0.0329. The lowest BCUT2D eigenvalue weighted by Gasteiger charge is -2.38. The van der Waals surface area contributed by atoms with Crippen LogP contribution in [0.25, 0.3) is 33.8 Å². The van der Waals surface area contributed by atoms with Gasteiger partial charge in [0.25, 0.3) is 17.7 Å². The van der Waals surface area contributed by atoms with Crippen LogP contribution in [0.4, 0.5) is 23.1 Å². The molecule has 530 valence electrons. The summed E-state index contributed by atoms with van der Waals surface area (Å²) >= 11 is 6.56. The molecule has 24 nitrogen and oxygen atoms in total. The number of nitrogens with two attached hydrogens (primary N) is 3. The van der Waals surface area contributed by atoms with Crippen LogP contribution in [0, 0.1) is 5.92 Å². The number of nitrogens with zero attached hydrogens (tertiary/aromatic N) is 7. The van der Waals surface area contributed by atoms with Crippen molar-refractivity contribution >= 4 is 70.2 Å². The van der Waals surface area contributed by atoms with Gasteiger partial charge >= 0.3 is 0 Å². The highest BCUT2D eigenvalue weighted by Crippen LogP contribution is 2.44. The number of nitrogens with one attached hydrogen (secondary N) is 5. The number of piperidine rings is 1. The second kappa shape index (κ2) is 31.9. The first-order valence-electron chi connectivity index (χ1n) is 33.9. The maximum Gasteiger partial charge on any atom is 0.254 e. The molecule has 4 aliphatic heterocycles. The van der Waals surface area contributed by atoms with E-state index in [1.807, 2.05) is 191 Å². The Bertz CT molecular complexity index is 4820. The summed E-state index contributed by atoms with van der Waals surface area (Å²) in [5, 5.41) is 30.3. The number of anilines is 4. The van der Waals surface area contributed by atoms with Crippen LogP contribution in [-0.2, 0) is 19.9 Å². The van der Waals surface area contributed by atoms with Crippen molar-refractivity contribution in [3.8, 4) is 68.3 Å². The van der Waals surface area contributed by atoms with Crippen molar-refractivity contribution in [3.05, 3.63) is 247 Å². The van der Waals surface area contributed by atoms with E-state index in [4.69, 9.17) is 58.3 Å². The summed E-state index contributed by atoms with van der Waals surface area (Å²) in [4.78, 5) is 74.6. The van der Waals surface area contributed by atoms with E-state index in [2.05, 4.69) is 46.3 Å². The number of rotatable bonds is 20. The van der Waals surface area contributed by atoms with E-state index in [1.165, 1.54) is 18.2 Å². The fourth-order valence-corrected chi connectivity index (χ4v) is 13.5. The molecular formula is C79H78ClN15O9. The molecule has 14 rings (SSSR count). The number of hydrogen-bond donors (Lipinski definition) is 8. The van der Waals surface area contributed by atoms with Gasteiger partial charge in [-0.1, -0.05) is 98.1 Å². The van der Waals surface area contributed by atoms with Crippen LogP contribution in [0.2, 0.25) is 5.02 Å². The van der Waals surface area contributed by atoms with Crippen LogP contribution >= 0.6 is 11.6 Å². The van der Waals surface area contributed by atoms with Gasteiger partial charge in [0.2, 0.25) is 17.7 Å². The predicted octanol–water partition coefficient (Wildman–Crippen LogP) is 13.1. The molecule has 1 fully saturated rings. The van der Waals surface area contributed by atoms with E-state index >= 15 is 0 Å². The van der Waals surface area contributed by atoms with E-state index in [1.54, 1.807) is 16.8 Å². The standard InChI is InChI=1S/C28H25N5O3.C27H28ClN5O3.C24H25N5O3/c1-2-24(34)31-20-12-8-18(9-13-20)23-16-17-30-28-25(27(29)35)26(32-33(23)28)19-10-14-22(15-11-19)36-21-6-4-3-5-7-21;1-2-23(34)32-14-11-17(12-15-32)21-10-13-30-27-24(26(29)35)25(31-33(21)27)18-8-9-22(20(28)16-18)36-19-6-4-3-5-7-19;1-3-19(30)27-15-24(2)13-14-26-23-20(22(25)31)21(28-29(23)24)16-9-11-18(12-10-16)32-17-7-5-4-6-8-17/h2-15,23,30H,1,16-17H2,(H2,29,35)(H,31,34);2-9,16-17,21,30H,1,10-15H2,(H2,29,35);3-12,26H,1,13-15H2,2H3,(H2,25,31)(H,27,30). The van der Waals surface area contributed by atoms with Gasteiger partial charge in [-0.15, -0.1) is 0 Å². The lowest BCUT2D eigenvalue weighted by molar-refractivity contribution is -0.127. The Morgan fingerprint density at radius 3 is 1.54 bits per heavy atom. The molecule has 4 aliphatic rings. The van der Waals surface area contributed by atoms with Crippen LogP contribution in [0.3, 0.4) is 0 Å². The van der Waals surface area contributed by atoms with E-state index in [0.29, 0.717) is 142 Å². The molecule has 11 N–H and O–H groups in total. The number of likely N-dealkylation sites (tertiary alicyclic amines) is 1. The van der Waals surface area contributed by atoms with Gasteiger partial charge in [0.05, 0.1) is 22.6 Å². The van der Waals surface area contributed by atoms with Gasteiger partial charge in [-0.25, -0.2) is 14.0 Å². The second-order valence-electron chi connectivity index (χ2n) is 25.3. The third kappa shape index (κ3) is 15.9. The highest BCUT2D eigenvalue weighted by molar-refractivity contribution is 6.32. The molecule has 0 spiro atoms.